The Morgan fingerprint density at radius 2 is 1.81 bits per heavy atom. The second-order valence-electron chi connectivity index (χ2n) is 6.84. The molecule has 0 saturated heterocycles. The molecule has 0 aliphatic rings. The van der Waals surface area contributed by atoms with Gasteiger partial charge >= 0.3 is 0 Å². The van der Waals surface area contributed by atoms with Crippen molar-refractivity contribution in [2.45, 2.75) is 32.1 Å². The third kappa shape index (κ3) is 9.32. The fourth-order valence-electron chi connectivity index (χ4n) is 2.72. The van der Waals surface area contributed by atoms with Crippen LogP contribution in [0.4, 0.5) is 0 Å². The van der Waals surface area contributed by atoms with Gasteiger partial charge in [0.05, 0.1) is 12.8 Å². The van der Waals surface area contributed by atoms with Crippen molar-refractivity contribution in [2.24, 2.45) is 5.10 Å². The number of carbonyl (C=O) groups is 2. The number of ether oxygens (including phenoxy) is 2. The quantitative estimate of drug-likeness (QED) is 0.146. The van der Waals surface area contributed by atoms with E-state index in [1.807, 2.05) is 0 Å². The van der Waals surface area contributed by atoms with Gasteiger partial charge in [0.2, 0.25) is 5.91 Å². The van der Waals surface area contributed by atoms with E-state index in [9.17, 15) is 9.59 Å². The fourth-order valence-corrected chi connectivity index (χ4v) is 2.72. The zero-order valence-corrected chi connectivity index (χ0v) is 17.8. The largest absolute Gasteiger partial charge is 0.494 e. The van der Waals surface area contributed by atoms with Crippen LogP contribution in [0.25, 0.3) is 0 Å². The van der Waals surface area contributed by atoms with Crippen LogP contribution in [0.3, 0.4) is 0 Å². The summed E-state index contributed by atoms with van der Waals surface area (Å²) in [7, 11) is 0. The number of hydrogen-bond acceptors (Lipinski definition) is 6. The van der Waals surface area contributed by atoms with Gasteiger partial charge in [0.25, 0.3) is 5.91 Å². The van der Waals surface area contributed by atoms with Gasteiger partial charge in [-0.25, -0.2) is 10.9 Å². The Labute approximate surface area is 187 Å². The van der Waals surface area contributed by atoms with Gasteiger partial charge in [-0.2, -0.15) is 5.10 Å². The van der Waals surface area contributed by atoms with Crippen LogP contribution in [0.15, 0.2) is 53.6 Å². The number of hydroxylamine groups is 1. The van der Waals surface area contributed by atoms with E-state index in [-0.39, 0.29) is 18.4 Å². The normalized spacial score (nSPS) is 10.4. The van der Waals surface area contributed by atoms with E-state index in [0.717, 1.165) is 24.8 Å². The van der Waals surface area contributed by atoms with Crippen molar-refractivity contribution < 1.29 is 24.3 Å². The minimum absolute atomic E-state index is 0.206. The Kier molecular flexibility index (Phi) is 10.9. The van der Waals surface area contributed by atoms with Crippen molar-refractivity contribution >= 4 is 18.0 Å². The minimum atomic E-state index is -0.371. The molecule has 0 saturated carbocycles. The summed E-state index contributed by atoms with van der Waals surface area (Å²) >= 11 is 0. The van der Waals surface area contributed by atoms with Crippen molar-refractivity contribution in [2.75, 3.05) is 13.2 Å². The number of rotatable bonds is 13. The van der Waals surface area contributed by atoms with Gasteiger partial charge in [-0.05, 0) is 60.9 Å². The molecule has 0 radical (unpaired) electrons. The van der Waals surface area contributed by atoms with Crippen molar-refractivity contribution in [1.82, 2.24) is 10.9 Å². The Bertz CT molecular complexity index is 935. The molecule has 2 aromatic carbocycles. The Hall–Kier alpha value is -3.83. The van der Waals surface area contributed by atoms with Crippen LogP contribution in [0.2, 0.25) is 0 Å². The summed E-state index contributed by atoms with van der Waals surface area (Å²) in [5.74, 6) is 2.95. The van der Waals surface area contributed by atoms with E-state index in [0.29, 0.717) is 36.5 Å². The van der Waals surface area contributed by atoms with Crippen molar-refractivity contribution in [3.8, 4) is 23.8 Å². The minimum Gasteiger partial charge on any atom is -0.494 e. The number of hydrazone groups is 1. The molecule has 0 unspecified atom stereocenters. The highest BCUT2D eigenvalue weighted by atomic mass is 16.5. The SMILES string of the molecule is C#CCOc1ccc(/C=N/NC(=O)c2cccc(OCCCCCCC(=O)NO)c2)cc1. The van der Waals surface area contributed by atoms with Crippen LogP contribution in [-0.2, 0) is 4.79 Å². The number of amides is 2. The summed E-state index contributed by atoms with van der Waals surface area (Å²) in [5.41, 5.74) is 5.35. The highest BCUT2D eigenvalue weighted by molar-refractivity contribution is 5.95. The van der Waals surface area contributed by atoms with Gasteiger partial charge in [-0.15, -0.1) is 6.42 Å². The Morgan fingerprint density at radius 1 is 1.03 bits per heavy atom. The molecular formula is C24H27N3O5. The van der Waals surface area contributed by atoms with Crippen LogP contribution >= 0.6 is 0 Å². The highest BCUT2D eigenvalue weighted by Gasteiger charge is 2.06. The number of benzene rings is 2. The molecule has 0 aromatic heterocycles. The summed E-state index contributed by atoms with van der Waals surface area (Å²) < 4.78 is 11.0. The first-order chi connectivity index (χ1) is 15.6. The lowest BCUT2D eigenvalue weighted by Crippen LogP contribution is -2.17. The summed E-state index contributed by atoms with van der Waals surface area (Å²) in [6.45, 7) is 0.717. The maximum Gasteiger partial charge on any atom is 0.271 e. The van der Waals surface area contributed by atoms with Crippen LogP contribution < -0.4 is 20.4 Å². The molecule has 0 aliphatic carbocycles. The topological polar surface area (TPSA) is 109 Å². The molecule has 2 aromatic rings. The molecule has 0 aliphatic heterocycles. The van der Waals surface area contributed by atoms with Crippen LogP contribution in [-0.4, -0.2) is 36.4 Å². The molecule has 0 spiro atoms. The molecule has 32 heavy (non-hydrogen) atoms. The predicted molar refractivity (Wildman–Crippen MR) is 121 cm³/mol. The van der Waals surface area contributed by atoms with Crippen molar-refractivity contribution in [1.29, 1.82) is 0 Å². The maximum atomic E-state index is 12.3. The average molecular weight is 437 g/mol. The van der Waals surface area contributed by atoms with E-state index in [4.69, 9.17) is 21.1 Å². The summed E-state index contributed by atoms with van der Waals surface area (Å²) in [6.07, 6.45) is 10.3. The number of terminal acetylenes is 1. The van der Waals surface area contributed by atoms with E-state index < -0.39 is 0 Å². The molecular weight excluding hydrogens is 410 g/mol. The van der Waals surface area contributed by atoms with Crippen LogP contribution in [0.1, 0.15) is 48.0 Å². The summed E-state index contributed by atoms with van der Waals surface area (Å²) in [5, 5.41) is 12.4. The average Bonchev–Trinajstić information content (AvgIpc) is 2.82. The van der Waals surface area contributed by atoms with Gasteiger partial charge in [-0.3, -0.25) is 14.8 Å². The lowest BCUT2D eigenvalue weighted by atomic mass is 10.1. The predicted octanol–water partition coefficient (Wildman–Crippen LogP) is 3.30. The molecule has 2 amide bonds. The third-order valence-corrected chi connectivity index (χ3v) is 4.37. The van der Waals surface area contributed by atoms with Gasteiger partial charge in [-0.1, -0.05) is 24.8 Å². The van der Waals surface area contributed by atoms with E-state index >= 15 is 0 Å². The molecule has 8 heteroatoms. The molecule has 2 rings (SSSR count). The number of carbonyl (C=O) groups excluding carboxylic acids is 2. The second kappa shape index (κ2) is 14.2. The van der Waals surface area contributed by atoms with E-state index in [2.05, 4.69) is 16.4 Å². The van der Waals surface area contributed by atoms with Crippen LogP contribution in [0, 0.1) is 12.3 Å². The number of nitrogens with one attached hydrogen (secondary N) is 2. The lowest BCUT2D eigenvalue weighted by Gasteiger charge is -2.07. The van der Waals surface area contributed by atoms with Crippen LogP contribution in [0.5, 0.6) is 11.5 Å². The molecule has 3 N–H and O–H groups in total. The first-order valence-electron chi connectivity index (χ1n) is 10.3. The smallest absolute Gasteiger partial charge is 0.271 e. The van der Waals surface area contributed by atoms with Gasteiger partial charge in [0.1, 0.15) is 18.1 Å². The lowest BCUT2D eigenvalue weighted by molar-refractivity contribution is -0.129. The zero-order valence-electron chi connectivity index (χ0n) is 17.8. The Balaban J connectivity index is 1.72. The summed E-state index contributed by atoms with van der Waals surface area (Å²) in [6, 6.07) is 14.0. The monoisotopic (exact) mass is 437 g/mol. The second-order valence-corrected chi connectivity index (χ2v) is 6.84. The van der Waals surface area contributed by atoms with Gasteiger partial charge in [0, 0.05) is 12.0 Å². The molecule has 168 valence electrons. The third-order valence-electron chi connectivity index (χ3n) is 4.37. The molecule has 0 bridgehead atoms. The number of unbranched alkanes of at least 4 members (excludes halogenated alkanes) is 3. The molecule has 0 atom stereocenters. The highest BCUT2D eigenvalue weighted by Crippen LogP contribution is 2.15. The van der Waals surface area contributed by atoms with Crippen molar-refractivity contribution in [3.63, 3.8) is 0 Å². The van der Waals surface area contributed by atoms with Crippen molar-refractivity contribution in [3.05, 3.63) is 59.7 Å². The Morgan fingerprint density at radius 3 is 2.56 bits per heavy atom. The summed E-state index contributed by atoms with van der Waals surface area (Å²) in [4.78, 5) is 23.2. The van der Waals surface area contributed by atoms with Gasteiger partial charge in [0.15, 0.2) is 0 Å². The maximum absolute atomic E-state index is 12.3. The number of hydrogen-bond donors (Lipinski definition) is 3. The standard InChI is InChI=1S/C24H27N3O5/c1-2-15-31-21-13-11-19(12-14-21)18-25-26-24(29)20-8-7-9-22(17-20)32-16-6-4-3-5-10-23(28)27-30/h1,7-9,11-14,17-18,30H,3-6,10,15-16H2,(H,26,29)(H,27,28)/b25-18+. The van der Waals surface area contributed by atoms with Gasteiger partial charge < -0.3 is 9.47 Å². The van der Waals surface area contributed by atoms with E-state index in [1.54, 1.807) is 54.0 Å². The zero-order chi connectivity index (χ0) is 23.0. The fraction of sp³-hybridized carbons (Fsp3) is 0.292. The first-order valence-corrected chi connectivity index (χ1v) is 10.3. The molecule has 8 nitrogen and oxygen atoms in total. The first kappa shape index (κ1) is 24.4. The van der Waals surface area contributed by atoms with E-state index in [1.165, 1.54) is 6.21 Å². The molecule has 0 fully saturated rings. The molecule has 0 heterocycles. The number of nitrogens with zero attached hydrogens (tertiary/aromatic N) is 1.